The Bertz CT molecular complexity index is 547. The van der Waals surface area contributed by atoms with Crippen molar-refractivity contribution >= 4 is 22.2 Å². The first kappa shape index (κ1) is 10.6. The number of nitrogen functional groups attached to an aromatic ring is 1. The van der Waals surface area contributed by atoms with Crippen molar-refractivity contribution < 1.29 is 0 Å². The molecule has 17 heavy (non-hydrogen) atoms. The Balaban J connectivity index is 1.84. The molecule has 2 heterocycles. The van der Waals surface area contributed by atoms with Crippen LogP contribution in [-0.4, -0.2) is 11.5 Å². The van der Waals surface area contributed by atoms with Crippen molar-refractivity contribution in [2.24, 2.45) is 0 Å². The van der Waals surface area contributed by atoms with E-state index < -0.39 is 0 Å². The molecule has 0 atom stereocenters. The third-order valence-corrected chi connectivity index (χ3v) is 3.96. The molecule has 4 heteroatoms. The summed E-state index contributed by atoms with van der Waals surface area (Å²) < 4.78 is 0. The molecule has 3 nitrogen and oxygen atoms in total. The van der Waals surface area contributed by atoms with Crippen LogP contribution in [0.4, 0.5) is 10.8 Å². The molecule has 1 aliphatic rings. The summed E-state index contributed by atoms with van der Waals surface area (Å²) in [5.41, 5.74) is 9.82. The van der Waals surface area contributed by atoms with Crippen molar-refractivity contribution in [2.75, 3.05) is 17.2 Å². The maximum atomic E-state index is 5.66. The van der Waals surface area contributed by atoms with Crippen LogP contribution in [0.1, 0.15) is 16.0 Å². The van der Waals surface area contributed by atoms with Gasteiger partial charge < -0.3 is 10.6 Å². The van der Waals surface area contributed by atoms with Crippen LogP contribution in [0.5, 0.6) is 0 Å². The molecule has 0 aliphatic carbocycles. The zero-order chi connectivity index (χ0) is 11.8. The van der Waals surface area contributed by atoms with E-state index >= 15 is 0 Å². The number of aryl methyl sites for hydroxylation is 1. The third kappa shape index (κ3) is 2.00. The monoisotopic (exact) mass is 245 g/mol. The Hall–Kier alpha value is -1.55. The number of hydrogen-bond acceptors (Lipinski definition) is 4. The molecule has 1 aromatic heterocycles. The van der Waals surface area contributed by atoms with Gasteiger partial charge in [-0.2, -0.15) is 0 Å². The molecule has 0 radical (unpaired) electrons. The molecule has 0 saturated carbocycles. The van der Waals surface area contributed by atoms with Gasteiger partial charge in [-0.1, -0.05) is 17.7 Å². The van der Waals surface area contributed by atoms with Gasteiger partial charge >= 0.3 is 0 Å². The molecular weight excluding hydrogens is 230 g/mol. The molecule has 1 aliphatic heterocycles. The predicted molar refractivity (Wildman–Crippen MR) is 72.5 cm³/mol. The lowest BCUT2D eigenvalue weighted by atomic mass is 10.1. The highest BCUT2D eigenvalue weighted by molar-refractivity contribution is 7.15. The van der Waals surface area contributed by atoms with Gasteiger partial charge in [0.15, 0.2) is 5.13 Å². The van der Waals surface area contributed by atoms with Gasteiger partial charge in [0.25, 0.3) is 0 Å². The van der Waals surface area contributed by atoms with Crippen LogP contribution in [0.15, 0.2) is 24.4 Å². The van der Waals surface area contributed by atoms with Gasteiger partial charge in [-0.25, -0.2) is 4.98 Å². The molecule has 3 rings (SSSR count). The van der Waals surface area contributed by atoms with Crippen molar-refractivity contribution in [1.29, 1.82) is 0 Å². The number of fused-ring (bicyclic) bond motifs is 1. The van der Waals surface area contributed by atoms with Crippen LogP contribution in [0, 0.1) is 6.92 Å². The van der Waals surface area contributed by atoms with Crippen LogP contribution >= 0.6 is 11.3 Å². The fraction of sp³-hybridized carbons (Fsp3) is 0.308. The Morgan fingerprint density at radius 2 is 2.35 bits per heavy atom. The summed E-state index contributed by atoms with van der Waals surface area (Å²) in [5, 5.41) is 0.656. The number of hydrogen-bond donors (Lipinski definition) is 1. The molecule has 0 spiro atoms. The van der Waals surface area contributed by atoms with Crippen LogP contribution in [0.2, 0.25) is 0 Å². The van der Waals surface area contributed by atoms with Gasteiger partial charge in [0.05, 0.1) is 6.54 Å². The minimum atomic E-state index is 0.656. The van der Waals surface area contributed by atoms with Gasteiger partial charge in [-0.05, 0) is 25.0 Å². The highest BCUT2D eigenvalue weighted by Gasteiger charge is 2.19. The second-order valence-corrected chi connectivity index (χ2v) is 5.62. The fourth-order valence-corrected chi connectivity index (χ4v) is 3.05. The number of rotatable bonds is 2. The lowest BCUT2D eigenvalue weighted by Gasteiger charge is -2.18. The molecule has 88 valence electrons. The van der Waals surface area contributed by atoms with Crippen molar-refractivity contribution in [1.82, 2.24) is 4.98 Å². The molecule has 0 bridgehead atoms. The van der Waals surface area contributed by atoms with E-state index in [0.717, 1.165) is 19.5 Å². The number of benzene rings is 1. The Morgan fingerprint density at radius 3 is 3.12 bits per heavy atom. The standard InChI is InChI=1S/C13H15N3S/c1-9-2-3-12-10(6-9)4-5-16(12)8-11-7-15-13(14)17-11/h2-3,6-7H,4-5,8H2,1H3,(H2,14,15). The minimum absolute atomic E-state index is 0.656. The fourth-order valence-electron chi connectivity index (χ4n) is 2.35. The smallest absolute Gasteiger partial charge is 0.180 e. The van der Waals surface area contributed by atoms with Crippen molar-refractivity contribution in [2.45, 2.75) is 19.9 Å². The van der Waals surface area contributed by atoms with E-state index in [1.54, 1.807) is 11.3 Å². The van der Waals surface area contributed by atoms with E-state index in [2.05, 4.69) is 35.0 Å². The zero-order valence-corrected chi connectivity index (χ0v) is 10.6. The second kappa shape index (κ2) is 4.04. The average molecular weight is 245 g/mol. The number of anilines is 2. The number of nitrogens with two attached hydrogens (primary N) is 1. The van der Waals surface area contributed by atoms with E-state index in [-0.39, 0.29) is 0 Å². The molecule has 0 fully saturated rings. The summed E-state index contributed by atoms with van der Waals surface area (Å²) in [7, 11) is 0. The summed E-state index contributed by atoms with van der Waals surface area (Å²) in [4.78, 5) is 7.74. The SMILES string of the molecule is Cc1ccc2c(c1)CCN2Cc1cnc(N)s1. The second-order valence-electron chi connectivity index (χ2n) is 4.47. The first-order valence-electron chi connectivity index (χ1n) is 5.77. The zero-order valence-electron chi connectivity index (χ0n) is 9.81. The first-order chi connectivity index (χ1) is 8.22. The normalized spacial score (nSPS) is 14.1. The van der Waals surface area contributed by atoms with Crippen molar-refractivity contribution in [3.63, 3.8) is 0 Å². The minimum Gasteiger partial charge on any atom is -0.375 e. The van der Waals surface area contributed by atoms with E-state index in [9.17, 15) is 0 Å². The summed E-state index contributed by atoms with van der Waals surface area (Å²) >= 11 is 1.58. The number of thiazole rings is 1. The van der Waals surface area contributed by atoms with Crippen LogP contribution in [-0.2, 0) is 13.0 Å². The molecule has 0 unspecified atom stereocenters. The molecule has 0 saturated heterocycles. The van der Waals surface area contributed by atoms with Crippen molar-refractivity contribution in [3.8, 4) is 0 Å². The van der Waals surface area contributed by atoms with Gasteiger partial charge in [0.2, 0.25) is 0 Å². The van der Waals surface area contributed by atoms with Gasteiger partial charge in [0, 0.05) is 23.3 Å². The average Bonchev–Trinajstić information content (AvgIpc) is 2.86. The summed E-state index contributed by atoms with van der Waals surface area (Å²) in [6, 6.07) is 6.69. The highest BCUT2D eigenvalue weighted by atomic mass is 32.1. The summed E-state index contributed by atoms with van der Waals surface area (Å²) in [6.45, 7) is 4.16. The largest absolute Gasteiger partial charge is 0.375 e. The Morgan fingerprint density at radius 1 is 1.47 bits per heavy atom. The topological polar surface area (TPSA) is 42.2 Å². The van der Waals surface area contributed by atoms with Crippen LogP contribution < -0.4 is 10.6 Å². The highest BCUT2D eigenvalue weighted by Crippen LogP contribution is 2.31. The Kier molecular flexibility index (Phi) is 2.52. The van der Waals surface area contributed by atoms with E-state index in [4.69, 9.17) is 5.73 Å². The maximum absolute atomic E-state index is 5.66. The van der Waals surface area contributed by atoms with Crippen LogP contribution in [0.25, 0.3) is 0 Å². The molecule has 1 aromatic carbocycles. The summed E-state index contributed by atoms with van der Waals surface area (Å²) in [6.07, 6.45) is 3.03. The quantitative estimate of drug-likeness (QED) is 0.884. The van der Waals surface area contributed by atoms with Gasteiger partial charge in [0.1, 0.15) is 0 Å². The Labute approximate surface area is 105 Å². The lowest BCUT2D eigenvalue weighted by molar-refractivity contribution is 0.844. The molecule has 2 aromatic rings. The first-order valence-corrected chi connectivity index (χ1v) is 6.59. The molecular formula is C13H15N3S. The predicted octanol–water partition coefficient (Wildman–Crippen LogP) is 2.60. The number of nitrogens with zero attached hydrogens (tertiary/aromatic N) is 2. The van der Waals surface area contributed by atoms with E-state index in [1.807, 2.05) is 6.20 Å². The third-order valence-electron chi connectivity index (χ3n) is 3.14. The molecule has 0 amide bonds. The van der Waals surface area contributed by atoms with Crippen LogP contribution in [0.3, 0.4) is 0 Å². The number of aromatic nitrogens is 1. The van der Waals surface area contributed by atoms with Gasteiger partial charge in [-0.3, -0.25) is 0 Å². The summed E-state index contributed by atoms with van der Waals surface area (Å²) in [5.74, 6) is 0. The van der Waals surface area contributed by atoms with E-state index in [0.29, 0.717) is 5.13 Å². The maximum Gasteiger partial charge on any atom is 0.180 e. The van der Waals surface area contributed by atoms with Crippen molar-refractivity contribution in [3.05, 3.63) is 40.4 Å². The molecule has 2 N–H and O–H groups in total. The lowest BCUT2D eigenvalue weighted by Crippen LogP contribution is -2.18. The van der Waals surface area contributed by atoms with E-state index in [1.165, 1.54) is 21.7 Å². The van der Waals surface area contributed by atoms with Gasteiger partial charge in [-0.15, -0.1) is 11.3 Å².